The van der Waals surface area contributed by atoms with Crippen molar-refractivity contribution < 1.29 is 4.42 Å². The summed E-state index contributed by atoms with van der Waals surface area (Å²) >= 11 is 1.79. The first kappa shape index (κ1) is 31.9. The topological polar surface area (TPSA) is 56.7 Å². The second kappa shape index (κ2) is 12.6. The van der Waals surface area contributed by atoms with E-state index in [9.17, 15) is 0 Å². The molecule has 0 fully saturated rings. The van der Waals surface area contributed by atoms with Gasteiger partial charge in [-0.3, -0.25) is 0 Å². The number of benzene rings is 8. The lowest BCUT2D eigenvalue weighted by atomic mass is 9.97. The molecule has 6 heteroatoms. The van der Waals surface area contributed by atoms with Crippen molar-refractivity contribution in [2.75, 3.05) is 0 Å². The number of hydrogen-bond donors (Lipinski definition) is 0. The van der Waals surface area contributed by atoms with Crippen LogP contribution in [0.1, 0.15) is 0 Å². The van der Waals surface area contributed by atoms with Crippen LogP contribution >= 0.6 is 11.3 Å². The molecule has 0 atom stereocenters. The molecule has 57 heavy (non-hydrogen) atoms. The molecule has 5 nitrogen and oxygen atoms in total. The molecule has 0 amide bonds. The molecule has 12 aromatic rings. The molecular weight excluding hydrogens is 717 g/mol. The van der Waals surface area contributed by atoms with Gasteiger partial charge in [-0.15, -0.1) is 11.3 Å². The van der Waals surface area contributed by atoms with Gasteiger partial charge in [-0.2, -0.15) is 0 Å². The lowest BCUT2D eigenvalue weighted by Crippen LogP contribution is -1.99. The molecule has 8 aromatic carbocycles. The zero-order valence-electron chi connectivity index (χ0n) is 30.4. The van der Waals surface area contributed by atoms with Crippen molar-refractivity contribution in [3.63, 3.8) is 0 Å². The Balaban J connectivity index is 0.999. The highest BCUT2D eigenvalue weighted by Gasteiger charge is 2.20. The van der Waals surface area contributed by atoms with Crippen LogP contribution in [0.3, 0.4) is 0 Å². The molecule has 0 aliphatic rings. The van der Waals surface area contributed by atoms with E-state index in [2.05, 4.69) is 126 Å². The maximum absolute atomic E-state index is 6.88. The van der Waals surface area contributed by atoms with Gasteiger partial charge in [0.1, 0.15) is 11.2 Å². The maximum Gasteiger partial charge on any atom is 0.164 e. The maximum atomic E-state index is 6.88. The zero-order chi connectivity index (χ0) is 37.5. The third-order valence-corrected chi connectivity index (χ3v) is 12.2. The van der Waals surface area contributed by atoms with E-state index in [0.29, 0.717) is 17.5 Å². The van der Waals surface area contributed by atoms with Crippen LogP contribution in [0, 0.1) is 0 Å². The van der Waals surface area contributed by atoms with Gasteiger partial charge in [-0.05, 0) is 42.0 Å². The number of para-hydroxylation sites is 3. The molecule has 0 unspecified atom stereocenters. The summed E-state index contributed by atoms with van der Waals surface area (Å²) in [6, 6.07) is 63.7. The number of nitrogens with zero attached hydrogens (tertiary/aromatic N) is 4. The van der Waals surface area contributed by atoms with Crippen molar-refractivity contribution in [1.29, 1.82) is 0 Å². The number of hydrogen-bond acceptors (Lipinski definition) is 5. The molecule has 4 heterocycles. The highest BCUT2D eigenvalue weighted by atomic mass is 32.1. The van der Waals surface area contributed by atoms with Crippen LogP contribution in [0.2, 0.25) is 0 Å². The van der Waals surface area contributed by atoms with Crippen molar-refractivity contribution >= 4 is 75.3 Å². The van der Waals surface area contributed by atoms with E-state index in [-0.39, 0.29) is 0 Å². The van der Waals surface area contributed by atoms with Gasteiger partial charge in [0.15, 0.2) is 17.5 Å². The predicted octanol–water partition coefficient (Wildman–Crippen LogP) is 13.9. The highest BCUT2D eigenvalue weighted by Crippen LogP contribution is 2.45. The summed E-state index contributed by atoms with van der Waals surface area (Å²) in [6.07, 6.45) is 0. The summed E-state index contributed by atoms with van der Waals surface area (Å²) in [5.41, 5.74) is 10.3. The molecule has 0 bridgehead atoms. The van der Waals surface area contributed by atoms with Crippen molar-refractivity contribution in [2.45, 2.75) is 0 Å². The summed E-state index contributed by atoms with van der Waals surface area (Å²) in [6.45, 7) is 0. The molecule has 0 spiro atoms. The Kier molecular flexibility index (Phi) is 7.03. The van der Waals surface area contributed by atoms with Gasteiger partial charge in [0.05, 0.1) is 11.0 Å². The Hall–Kier alpha value is -7.41. The third-order valence-electron chi connectivity index (χ3n) is 11.1. The quantitative estimate of drug-likeness (QED) is 0.176. The van der Waals surface area contributed by atoms with Crippen LogP contribution < -0.4 is 0 Å². The van der Waals surface area contributed by atoms with Crippen LogP contribution in [-0.4, -0.2) is 19.5 Å². The molecular formula is C51H30N4OS. The lowest BCUT2D eigenvalue weighted by Gasteiger charge is -2.09. The zero-order valence-corrected chi connectivity index (χ0v) is 31.2. The van der Waals surface area contributed by atoms with E-state index in [0.717, 1.165) is 55.4 Å². The van der Waals surface area contributed by atoms with E-state index in [4.69, 9.17) is 19.4 Å². The first-order valence-corrected chi connectivity index (χ1v) is 19.8. The largest absolute Gasteiger partial charge is 0.455 e. The second-order valence-corrected chi connectivity index (χ2v) is 15.4. The Morgan fingerprint density at radius 1 is 0.404 bits per heavy atom. The van der Waals surface area contributed by atoms with Gasteiger partial charge >= 0.3 is 0 Å². The predicted molar refractivity (Wildman–Crippen MR) is 236 cm³/mol. The first-order valence-electron chi connectivity index (χ1n) is 19.0. The molecule has 12 rings (SSSR count). The Bertz CT molecular complexity index is 3420. The molecule has 0 saturated carbocycles. The van der Waals surface area contributed by atoms with Crippen LogP contribution in [0.15, 0.2) is 186 Å². The summed E-state index contributed by atoms with van der Waals surface area (Å²) in [5, 5.41) is 7.10. The number of rotatable bonds is 5. The number of fused-ring (bicyclic) bond motifs is 9. The third kappa shape index (κ3) is 5.04. The van der Waals surface area contributed by atoms with Gasteiger partial charge in [-0.25, -0.2) is 15.0 Å². The van der Waals surface area contributed by atoms with E-state index >= 15 is 0 Å². The van der Waals surface area contributed by atoms with Crippen LogP contribution in [0.25, 0.3) is 115 Å². The molecule has 0 saturated heterocycles. The molecule has 0 aliphatic heterocycles. The van der Waals surface area contributed by atoms with Gasteiger partial charge < -0.3 is 8.98 Å². The Morgan fingerprint density at radius 3 is 1.68 bits per heavy atom. The van der Waals surface area contributed by atoms with Crippen molar-refractivity contribution in [3.05, 3.63) is 182 Å². The summed E-state index contributed by atoms with van der Waals surface area (Å²) < 4.78 is 11.6. The second-order valence-electron chi connectivity index (χ2n) is 14.4. The number of aromatic nitrogens is 4. The van der Waals surface area contributed by atoms with Crippen LogP contribution in [0.4, 0.5) is 0 Å². The van der Waals surface area contributed by atoms with Crippen molar-refractivity contribution in [2.24, 2.45) is 0 Å². The minimum atomic E-state index is 0.648. The fourth-order valence-electron chi connectivity index (χ4n) is 8.47. The highest BCUT2D eigenvalue weighted by molar-refractivity contribution is 7.26. The van der Waals surface area contributed by atoms with Crippen molar-refractivity contribution in [1.82, 2.24) is 19.5 Å². The van der Waals surface area contributed by atoms with E-state index in [1.54, 1.807) is 11.3 Å². The smallest absolute Gasteiger partial charge is 0.164 e. The molecule has 0 radical (unpaired) electrons. The van der Waals surface area contributed by atoms with E-state index in [1.165, 1.54) is 42.0 Å². The average molecular weight is 747 g/mol. The summed E-state index contributed by atoms with van der Waals surface area (Å²) in [5.74, 6) is 1.95. The summed E-state index contributed by atoms with van der Waals surface area (Å²) in [7, 11) is 0. The standard InChI is InChI=1S/C51H30N4OS/c1-3-13-31(14-4-1)49-52-50(32-15-5-2-6-16-32)54-51(53-49)33-25-27-41-46(29-33)57-45-24-12-19-38(47(41)45)40-21-11-20-39-37-28-26-34(30-44(37)56-48(39)40)55-42-22-9-7-17-35(42)36-18-8-10-23-43(36)55/h1-30H. The summed E-state index contributed by atoms with van der Waals surface area (Å²) in [4.78, 5) is 14.9. The average Bonchev–Trinajstić information content (AvgIpc) is 3.96. The fourth-order valence-corrected chi connectivity index (χ4v) is 9.64. The lowest BCUT2D eigenvalue weighted by molar-refractivity contribution is 0.670. The minimum absolute atomic E-state index is 0.648. The van der Waals surface area contributed by atoms with Crippen LogP contribution in [0.5, 0.6) is 0 Å². The van der Waals surface area contributed by atoms with Gasteiger partial charge in [0.2, 0.25) is 0 Å². The van der Waals surface area contributed by atoms with Gasteiger partial charge in [0, 0.05) is 75.7 Å². The Labute approximate surface area is 330 Å². The number of thiophene rings is 1. The molecule has 0 aliphatic carbocycles. The van der Waals surface area contributed by atoms with E-state index in [1.807, 2.05) is 60.7 Å². The van der Waals surface area contributed by atoms with Crippen molar-refractivity contribution in [3.8, 4) is 51.0 Å². The first-order chi connectivity index (χ1) is 28.2. The molecule has 4 aromatic heterocycles. The number of furan rings is 1. The minimum Gasteiger partial charge on any atom is -0.455 e. The normalized spacial score (nSPS) is 11.9. The molecule has 0 N–H and O–H groups in total. The van der Waals surface area contributed by atoms with E-state index < -0.39 is 0 Å². The fraction of sp³-hybridized carbons (Fsp3) is 0. The van der Waals surface area contributed by atoms with Gasteiger partial charge in [-0.1, -0.05) is 140 Å². The SMILES string of the molecule is c1ccc(-c2nc(-c3ccccc3)nc(-c3ccc4c(c3)sc3cccc(-c5cccc6c5oc5cc(-n7c8ccccc8c8ccccc87)ccc56)c34)n2)cc1. The van der Waals surface area contributed by atoms with Crippen LogP contribution in [-0.2, 0) is 0 Å². The van der Waals surface area contributed by atoms with Gasteiger partial charge in [0.25, 0.3) is 0 Å². The molecule has 266 valence electrons. The monoisotopic (exact) mass is 746 g/mol. The Morgan fingerprint density at radius 2 is 0.982 bits per heavy atom.